The number of hydrogen-bond donors (Lipinski definition) is 2. The quantitative estimate of drug-likeness (QED) is 0.755. The SMILES string of the molecule is O=C(COC(=O)Cc1ccc(O)cc1)NC1CC1. The molecular formula is C13H15NO4. The van der Waals surface area contributed by atoms with Crippen molar-refractivity contribution in [3.63, 3.8) is 0 Å². The van der Waals surface area contributed by atoms with E-state index < -0.39 is 5.97 Å². The lowest BCUT2D eigenvalue weighted by Gasteiger charge is -2.05. The fourth-order valence-electron chi connectivity index (χ4n) is 1.47. The Hall–Kier alpha value is -2.04. The summed E-state index contributed by atoms with van der Waals surface area (Å²) < 4.78 is 4.85. The fraction of sp³-hybridized carbons (Fsp3) is 0.385. The maximum atomic E-state index is 11.4. The van der Waals surface area contributed by atoms with E-state index in [-0.39, 0.29) is 30.7 Å². The van der Waals surface area contributed by atoms with E-state index in [0.29, 0.717) is 0 Å². The third kappa shape index (κ3) is 4.08. The highest BCUT2D eigenvalue weighted by Crippen LogP contribution is 2.18. The highest BCUT2D eigenvalue weighted by molar-refractivity contribution is 5.81. The van der Waals surface area contributed by atoms with Crippen LogP contribution < -0.4 is 5.32 Å². The van der Waals surface area contributed by atoms with E-state index in [1.165, 1.54) is 12.1 Å². The molecule has 0 heterocycles. The maximum Gasteiger partial charge on any atom is 0.310 e. The highest BCUT2D eigenvalue weighted by Gasteiger charge is 2.23. The summed E-state index contributed by atoms with van der Waals surface area (Å²) in [6.07, 6.45) is 2.11. The summed E-state index contributed by atoms with van der Waals surface area (Å²) in [4.78, 5) is 22.7. The number of benzene rings is 1. The average molecular weight is 249 g/mol. The molecule has 18 heavy (non-hydrogen) atoms. The van der Waals surface area contributed by atoms with Crippen LogP contribution in [0.2, 0.25) is 0 Å². The van der Waals surface area contributed by atoms with Crippen molar-refractivity contribution in [2.24, 2.45) is 0 Å². The maximum absolute atomic E-state index is 11.4. The second kappa shape index (κ2) is 5.53. The number of phenols is 1. The molecule has 5 nitrogen and oxygen atoms in total. The number of ether oxygens (including phenoxy) is 1. The van der Waals surface area contributed by atoms with Crippen LogP contribution in [0.4, 0.5) is 0 Å². The zero-order valence-corrected chi connectivity index (χ0v) is 9.89. The third-order valence-corrected chi connectivity index (χ3v) is 2.59. The number of amides is 1. The molecule has 1 aromatic carbocycles. The second-order valence-electron chi connectivity index (χ2n) is 4.35. The second-order valence-corrected chi connectivity index (χ2v) is 4.35. The summed E-state index contributed by atoms with van der Waals surface area (Å²) in [5.41, 5.74) is 0.736. The minimum absolute atomic E-state index is 0.0942. The molecule has 1 aliphatic rings. The van der Waals surface area contributed by atoms with E-state index >= 15 is 0 Å². The van der Waals surface area contributed by atoms with Gasteiger partial charge in [0.25, 0.3) is 5.91 Å². The van der Waals surface area contributed by atoms with Crippen LogP contribution in [0.15, 0.2) is 24.3 Å². The number of carbonyl (C=O) groups is 2. The van der Waals surface area contributed by atoms with Gasteiger partial charge in [0.15, 0.2) is 6.61 Å². The molecule has 0 unspecified atom stereocenters. The molecule has 2 N–H and O–H groups in total. The minimum Gasteiger partial charge on any atom is -0.508 e. The van der Waals surface area contributed by atoms with Gasteiger partial charge < -0.3 is 15.2 Å². The predicted octanol–water partition coefficient (Wildman–Crippen LogP) is 0.756. The van der Waals surface area contributed by atoms with Crippen molar-refractivity contribution in [1.29, 1.82) is 0 Å². The molecule has 1 amide bonds. The molecule has 96 valence electrons. The molecule has 2 rings (SSSR count). The van der Waals surface area contributed by atoms with Gasteiger partial charge in [-0.25, -0.2) is 0 Å². The van der Waals surface area contributed by atoms with Crippen molar-refractivity contribution in [3.8, 4) is 5.75 Å². The number of aromatic hydroxyl groups is 1. The number of hydrogen-bond acceptors (Lipinski definition) is 4. The number of nitrogens with one attached hydrogen (secondary N) is 1. The fourth-order valence-corrected chi connectivity index (χ4v) is 1.47. The topological polar surface area (TPSA) is 75.6 Å². The van der Waals surface area contributed by atoms with Crippen LogP contribution in [-0.2, 0) is 20.7 Å². The molecule has 0 spiro atoms. The Morgan fingerprint density at radius 1 is 1.28 bits per heavy atom. The first-order valence-electron chi connectivity index (χ1n) is 5.86. The molecule has 1 saturated carbocycles. The van der Waals surface area contributed by atoms with Gasteiger partial charge in [0.2, 0.25) is 0 Å². The van der Waals surface area contributed by atoms with Gasteiger partial charge in [0, 0.05) is 6.04 Å². The summed E-state index contributed by atoms with van der Waals surface area (Å²) in [5, 5.41) is 11.8. The molecule has 0 radical (unpaired) electrons. The van der Waals surface area contributed by atoms with E-state index in [1.54, 1.807) is 12.1 Å². The van der Waals surface area contributed by atoms with Crippen LogP contribution >= 0.6 is 0 Å². The Labute approximate surface area is 105 Å². The summed E-state index contributed by atoms with van der Waals surface area (Å²) >= 11 is 0. The van der Waals surface area contributed by atoms with Gasteiger partial charge in [-0.3, -0.25) is 9.59 Å². The van der Waals surface area contributed by atoms with Gasteiger partial charge in [0.05, 0.1) is 6.42 Å². The molecule has 1 aliphatic carbocycles. The largest absolute Gasteiger partial charge is 0.508 e. The monoisotopic (exact) mass is 249 g/mol. The van der Waals surface area contributed by atoms with Crippen LogP contribution in [0.25, 0.3) is 0 Å². The van der Waals surface area contributed by atoms with Crippen molar-refractivity contribution >= 4 is 11.9 Å². The first-order chi connectivity index (χ1) is 8.63. The Morgan fingerprint density at radius 2 is 1.94 bits per heavy atom. The summed E-state index contributed by atoms with van der Waals surface area (Å²) in [6.45, 7) is -0.229. The van der Waals surface area contributed by atoms with E-state index in [2.05, 4.69) is 5.32 Å². The lowest BCUT2D eigenvalue weighted by Crippen LogP contribution is -2.30. The summed E-state index contributed by atoms with van der Waals surface area (Å²) in [7, 11) is 0. The number of phenolic OH excluding ortho intramolecular Hbond substituents is 1. The van der Waals surface area contributed by atoms with E-state index in [1.807, 2.05) is 0 Å². The number of rotatable bonds is 5. The van der Waals surface area contributed by atoms with Gasteiger partial charge in [-0.1, -0.05) is 12.1 Å². The van der Waals surface area contributed by atoms with Crippen molar-refractivity contribution in [2.75, 3.05) is 6.61 Å². The number of carbonyl (C=O) groups excluding carboxylic acids is 2. The van der Waals surface area contributed by atoms with Gasteiger partial charge in [-0.15, -0.1) is 0 Å². The van der Waals surface area contributed by atoms with Crippen LogP contribution in [0.1, 0.15) is 18.4 Å². The minimum atomic E-state index is -0.452. The molecule has 1 aromatic rings. The van der Waals surface area contributed by atoms with E-state index in [0.717, 1.165) is 18.4 Å². The van der Waals surface area contributed by atoms with Crippen LogP contribution in [0.5, 0.6) is 5.75 Å². The van der Waals surface area contributed by atoms with Crippen molar-refractivity contribution < 1.29 is 19.4 Å². The molecule has 1 fully saturated rings. The van der Waals surface area contributed by atoms with Crippen LogP contribution in [-0.4, -0.2) is 29.6 Å². The zero-order chi connectivity index (χ0) is 13.0. The van der Waals surface area contributed by atoms with Gasteiger partial charge in [-0.2, -0.15) is 0 Å². The summed E-state index contributed by atoms with van der Waals surface area (Å²) in [5.74, 6) is -0.556. The average Bonchev–Trinajstić information content (AvgIpc) is 3.13. The van der Waals surface area contributed by atoms with E-state index in [4.69, 9.17) is 9.84 Å². The molecule has 0 saturated heterocycles. The predicted molar refractivity (Wildman–Crippen MR) is 63.9 cm³/mol. The third-order valence-electron chi connectivity index (χ3n) is 2.59. The molecule has 0 bridgehead atoms. The van der Waals surface area contributed by atoms with E-state index in [9.17, 15) is 9.59 Å². The van der Waals surface area contributed by atoms with Crippen LogP contribution in [0.3, 0.4) is 0 Å². The standard InChI is InChI=1S/C13H15NO4/c15-11-5-1-9(2-6-11)7-13(17)18-8-12(16)14-10-3-4-10/h1-2,5-6,10,15H,3-4,7-8H2,(H,14,16). The Balaban J connectivity index is 1.70. The highest BCUT2D eigenvalue weighted by atomic mass is 16.5. The number of esters is 1. The zero-order valence-electron chi connectivity index (χ0n) is 9.89. The molecule has 5 heteroatoms. The Morgan fingerprint density at radius 3 is 2.56 bits per heavy atom. The first-order valence-corrected chi connectivity index (χ1v) is 5.86. The van der Waals surface area contributed by atoms with Gasteiger partial charge >= 0.3 is 5.97 Å². The normalized spacial score (nSPS) is 14.0. The first kappa shape index (κ1) is 12.4. The smallest absolute Gasteiger partial charge is 0.310 e. The van der Waals surface area contributed by atoms with Crippen LogP contribution in [0, 0.1) is 0 Å². The van der Waals surface area contributed by atoms with Crippen molar-refractivity contribution in [3.05, 3.63) is 29.8 Å². The molecule has 0 aromatic heterocycles. The van der Waals surface area contributed by atoms with Gasteiger partial charge in [-0.05, 0) is 30.5 Å². The summed E-state index contributed by atoms with van der Waals surface area (Å²) in [6, 6.07) is 6.56. The lowest BCUT2D eigenvalue weighted by atomic mass is 10.1. The lowest BCUT2D eigenvalue weighted by molar-refractivity contribution is -0.147. The molecule has 0 atom stereocenters. The molecular weight excluding hydrogens is 234 g/mol. The van der Waals surface area contributed by atoms with Crippen molar-refractivity contribution in [1.82, 2.24) is 5.32 Å². The van der Waals surface area contributed by atoms with Crippen molar-refractivity contribution in [2.45, 2.75) is 25.3 Å². The van der Waals surface area contributed by atoms with Gasteiger partial charge in [0.1, 0.15) is 5.75 Å². The Kier molecular flexibility index (Phi) is 3.82. The molecule has 0 aliphatic heterocycles. The Bertz CT molecular complexity index is 437.